The zero-order valence-corrected chi connectivity index (χ0v) is 12.5. The number of aryl methyl sites for hydroxylation is 1. The summed E-state index contributed by atoms with van der Waals surface area (Å²) in [6.45, 7) is 5.85. The van der Waals surface area contributed by atoms with E-state index >= 15 is 0 Å². The summed E-state index contributed by atoms with van der Waals surface area (Å²) >= 11 is 0. The van der Waals surface area contributed by atoms with Gasteiger partial charge in [-0.1, -0.05) is 19.0 Å². The minimum absolute atomic E-state index is 0.0367. The maximum absolute atomic E-state index is 12.0. The number of nitrogens with one attached hydrogen (secondary N) is 2. The van der Waals surface area contributed by atoms with E-state index in [0.29, 0.717) is 17.3 Å². The fraction of sp³-hybridized carbons (Fsp3) is 0.400. The van der Waals surface area contributed by atoms with Crippen LogP contribution in [-0.2, 0) is 4.79 Å². The molecule has 112 valence electrons. The maximum atomic E-state index is 12.0. The van der Waals surface area contributed by atoms with Crippen LogP contribution in [-0.4, -0.2) is 16.0 Å². The number of nitrogens with zero attached hydrogens (tertiary/aromatic N) is 2. The standard InChI is InChI=1S/C15H20N4O2/c1-4-11(5-2)15(20)17-12-6-7-13(16-9-12)18-14-8-10(3)21-19-14/h6-9,11H,4-5H2,1-3H3,(H,17,20)(H,16,18,19). The Morgan fingerprint density at radius 1 is 1.29 bits per heavy atom. The first kappa shape index (κ1) is 15.0. The third kappa shape index (κ3) is 4.05. The highest BCUT2D eigenvalue weighted by atomic mass is 16.5. The van der Waals surface area contributed by atoms with Crippen molar-refractivity contribution in [3.8, 4) is 0 Å². The monoisotopic (exact) mass is 288 g/mol. The van der Waals surface area contributed by atoms with E-state index in [4.69, 9.17) is 4.52 Å². The average molecular weight is 288 g/mol. The van der Waals surface area contributed by atoms with E-state index < -0.39 is 0 Å². The van der Waals surface area contributed by atoms with Crippen molar-refractivity contribution in [1.82, 2.24) is 10.1 Å². The molecule has 0 radical (unpaired) electrons. The summed E-state index contributed by atoms with van der Waals surface area (Å²) in [6.07, 6.45) is 3.29. The van der Waals surface area contributed by atoms with Gasteiger partial charge in [0.2, 0.25) is 5.91 Å². The van der Waals surface area contributed by atoms with Gasteiger partial charge < -0.3 is 15.2 Å². The summed E-state index contributed by atoms with van der Waals surface area (Å²) in [5, 5.41) is 9.73. The van der Waals surface area contributed by atoms with Gasteiger partial charge in [-0.15, -0.1) is 0 Å². The number of carbonyl (C=O) groups is 1. The Morgan fingerprint density at radius 3 is 2.57 bits per heavy atom. The lowest BCUT2D eigenvalue weighted by atomic mass is 10.0. The van der Waals surface area contributed by atoms with Gasteiger partial charge >= 0.3 is 0 Å². The van der Waals surface area contributed by atoms with E-state index in [1.807, 2.05) is 26.8 Å². The van der Waals surface area contributed by atoms with Gasteiger partial charge in [-0.3, -0.25) is 4.79 Å². The van der Waals surface area contributed by atoms with Crippen molar-refractivity contribution >= 4 is 23.2 Å². The summed E-state index contributed by atoms with van der Waals surface area (Å²) in [7, 11) is 0. The first-order valence-electron chi connectivity index (χ1n) is 7.09. The van der Waals surface area contributed by atoms with Crippen molar-refractivity contribution < 1.29 is 9.32 Å². The Morgan fingerprint density at radius 2 is 2.05 bits per heavy atom. The predicted octanol–water partition coefficient (Wildman–Crippen LogP) is 3.50. The van der Waals surface area contributed by atoms with E-state index in [9.17, 15) is 4.79 Å². The predicted molar refractivity (Wildman–Crippen MR) is 81.5 cm³/mol. The molecule has 1 amide bonds. The molecule has 0 aliphatic carbocycles. The van der Waals surface area contributed by atoms with E-state index in [2.05, 4.69) is 20.8 Å². The van der Waals surface area contributed by atoms with Gasteiger partial charge in [-0.25, -0.2) is 4.98 Å². The molecule has 6 nitrogen and oxygen atoms in total. The highest BCUT2D eigenvalue weighted by Gasteiger charge is 2.14. The normalized spacial score (nSPS) is 10.7. The van der Waals surface area contributed by atoms with E-state index in [-0.39, 0.29) is 11.8 Å². The Hall–Kier alpha value is -2.37. The van der Waals surface area contributed by atoms with Crippen LogP contribution in [0.2, 0.25) is 0 Å². The molecule has 0 unspecified atom stereocenters. The number of amides is 1. The molecular weight excluding hydrogens is 268 g/mol. The number of hydrogen-bond acceptors (Lipinski definition) is 5. The van der Waals surface area contributed by atoms with Crippen LogP contribution in [0.1, 0.15) is 32.4 Å². The summed E-state index contributed by atoms with van der Waals surface area (Å²) in [5.41, 5.74) is 0.689. The molecule has 0 spiro atoms. The van der Waals surface area contributed by atoms with Crippen LogP contribution >= 0.6 is 0 Å². The molecule has 0 saturated heterocycles. The Kier molecular flexibility index (Phi) is 4.92. The Balaban J connectivity index is 1.97. The van der Waals surface area contributed by atoms with Gasteiger partial charge in [0, 0.05) is 12.0 Å². The van der Waals surface area contributed by atoms with Gasteiger partial charge in [-0.2, -0.15) is 0 Å². The highest BCUT2D eigenvalue weighted by molar-refractivity contribution is 5.92. The zero-order valence-electron chi connectivity index (χ0n) is 12.5. The van der Waals surface area contributed by atoms with Crippen molar-refractivity contribution in [3.63, 3.8) is 0 Å². The maximum Gasteiger partial charge on any atom is 0.227 e. The van der Waals surface area contributed by atoms with Crippen LogP contribution in [0, 0.1) is 12.8 Å². The van der Waals surface area contributed by atoms with Crippen molar-refractivity contribution in [2.45, 2.75) is 33.6 Å². The van der Waals surface area contributed by atoms with Crippen molar-refractivity contribution in [1.29, 1.82) is 0 Å². The lowest BCUT2D eigenvalue weighted by molar-refractivity contribution is -0.120. The summed E-state index contributed by atoms with van der Waals surface area (Å²) in [6, 6.07) is 5.37. The zero-order chi connectivity index (χ0) is 15.2. The lowest BCUT2D eigenvalue weighted by Crippen LogP contribution is -2.21. The van der Waals surface area contributed by atoms with Gasteiger partial charge in [-0.05, 0) is 31.9 Å². The smallest absolute Gasteiger partial charge is 0.227 e. The minimum atomic E-state index is 0.0367. The van der Waals surface area contributed by atoms with E-state index in [1.54, 1.807) is 18.3 Å². The van der Waals surface area contributed by atoms with Crippen molar-refractivity contribution in [3.05, 3.63) is 30.2 Å². The second-order valence-electron chi connectivity index (χ2n) is 4.88. The molecule has 0 saturated carbocycles. The quantitative estimate of drug-likeness (QED) is 0.850. The number of anilines is 3. The molecule has 2 N–H and O–H groups in total. The fourth-order valence-electron chi connectivity index (χ4n) is 2.00. The molecule has 0 fully saturated rings. The van der Waals surface area contributed by atoms with Crippen LogP contribution in [0.5, 0.6) is 0 Å². The SMILES string of the molecule is CCC(CC)C(=O)Nc1ccc(Nc2cc(C)on2)nc1. The summed E-state index contributed by atoms with van der Waals surface area (Å²) < 4.78 is 4.97. The second-order valence-corrected chi connectivity index (χ2v) is 4.88. The van der Waals surface area contributed by atoms with Crippen molar-refractivity contribution in [2.24, 2.45) is 5.92 Å². The first-order valence-corrected chi connectivity index (χ1v) is 7.09. The van der Waals surface area contributed by atoms with Gasteiger partial charge in [0.1, 0.15) is 11.6 Å². The molecule has 0 aliphatic heterocycles. The van der Waals surface area contributed by atoms with Crippen molar-refractivity contribution in [2.75, 3.05) is 10.6 Å². The van der Waals surface area contributed by atoms with Crippen LogP contribution in [0.4, 0.5) is 17.3 Å². The van der Waals surface area contributed by atoms with Gasteiger partial charge in [0.25, 0.3) is 0 Å². The summed E-state index contributed by atoms with van der Waals surface area (Å²) in [4.78, 5) is 16.2. The van der Waals surface area contributed by atoms with Gasteiger partial charge in [0.05, 0.1) is 11.9 Å². The summed E-state index contributed by atoms with van der Waals surface area (Å²) in [5.74, 6) is 2.06. The Bertz CT molecular complexity index is 588. The Labute approximate surface area is 123 Å². The largest absolute Gasteiger partial charge is 0.360 e. The molecule has 0 aromatic carbocycles. The molecule has 0 atom stereocenters. The number of hydrogen-bond donors (Lipinski definition) is 2. The first-order chi connectivity index (χ1) is 10.1. The number of carbonyl (C=O) groups excluding carboxylic acids is 1. The highest BCUT2D eigenvalue weighted by Crippen LogP contribution is 2.17. The van der Waals surface area contributed by atoms with E-state index in [1.165, 1.54) is 0 Å². The van der Waals surface area contributed by atoms with E-state index in [0.717, 1.165) is 18.6 Å². The minimum Gasteiger partial charge on any atom is -0.360 e. The molecular formula is C15H20N4O2. The molecule has 2 rings (SSSR count). The molecule has 0 bridgehead atoms. The molecule has 2 aromatic rings. The van der Waals surface area contributed by atoms with Crippen LogP contribution in [0.15, 0.2) is 28.9 Å². The third-order valence-corrected chi connectivity index (χ3v) is 3.27. The fourth-order valence-corrected chi connectivity index (χ4v) is 2.00. The van der Waals surface area contributed by atoms with Gasteiger partial charge in [0.15, 0.2) is 5.82 Å². The second kappa shape index (κ2) is 6.88. The molecule has 21 heavy (non-hydrogen) atoms. The topological polar surface area (TPSA) is 80.0 Å². The molecule has 6 heteroatoms. The molecule has 2 aromatic heterocycles. The number of pyridine rings is 1. The van der Waals surface area contributed by atoms with Crippen LogP contribution in [0.25, 0.3) is 0 Å². The number of rotatable bonds is 6. The number of aromatic nitrogens is 2. The van der Waals surface area contributed by atoms with Crippen LogP contribution < -0.4 is 10.6 Å². The van der Waals surface area contributed by atoms with Crippen LogP contribution in [0.3, 0.4) is 0 Å². The molecule has 2 heterocycles. The third-order valence-electron chi connectivity index (χ3n) is 3.27. The lowest BCUT2D eigenvalue weighted by Gasteiger charge is -2.12. The molecule has 0 aliphatic rings. The average Bonchev–Trinajstić information content (AvgIpc) is 2.88.